The lowest BCUT2D eigenvalue weighted by molar-refractivity contribution is -0.118. The third kappa shape index (κ3) is 3.34. The van der Waals surface area contributed by atoms with Gasteiger partial charge in [-0.15, -0.1) is 0 Å². The Labute approximate surface area is 136 Å². The first-order valence-electron chi connectivity index (χ1n) is 7.74. The second-order valence-electron chi connectivity index (χ2n) is 5.73. The summed E-state index contributed by atoms with van der Waals surface area (Å²) in [6.45, 7) is 4.24. The van der Waals surface area contributed by atoms with Crippen LogP contribution >= 0.6 is 0 Å². The lowest BCUT2D eigenvalue weighted by Crippen LogP contribution is -2.31. The van der Waals surface area contributed by atoms with Crippen molar-refractivity contribution in [3.63, 3.8) is 0 Å². The quantitative estimate of drug-likeness (QED) is 0.933. The molecular weight excluding hydrogens is 284 g/mol. The first-order chi connectivity index (χ1) is 11.1. The van der Waals surface area contributed by atoms with Crippen LogP contribution in [0.5, 0.6) is 0 Å². The number of amides is 1. The summed E-state index contributed by atoms with van der Waals surface area (Å²) in [6.07, 6.45) is 5.05. The fourth-order valence-corrected chi connectivity index (χ4v) is 2.78. The molecule has 3 nitrogen and oxygen atoms in total. The largest absolute Gasteiger partial charge is 0.403 e. The molecule has 1 aliphatic rings. The molecule has 0 aliphatic carbocycles. The van der Waals surface area contributed by atoms with Gasteiger partial charge in [0.2, 0.25) is 5.91 Å². The highest BCUT2D eigenvalue weighted by Gasteiger charge is 2.20. The number of para-hydroxylation sites is 1. The minimum Gasteiger partial charge on any atom is -0.403 e. The molecule has 116 valence electrons. The van der Waals surface area contributed by atoms with Crippen LogP contribution in [-0.2, 0) is 11.3 Å². The summed E-state index contributed by atoms with van der Waals surface area (Å²) in [5.41, 5.74) is 10.4. The van der Waals surface area contributed by atoms with E-state index >= 15 is 0 Å². The SMILES string of the molecule is C=C(N)CCC(=O)N1Cc2ccccc2/C=C\c2ccccc21. The molecule has 0 radical (unpaired) electrons. The van der Waals surface area contributed by atoms with Crippen molar-refractivity contribution in [2.75, 3.05) is 4.90 Å². The van der Waals surface area contributed by atoms with Gasteiger partial charge in [-0.3, -0.25) is 4.79 Å². The van der Waals surface area contributed by atoms with Crippen LogP contribution in [0.2, 0.25) is 0 Å². The van der Waals surface area contributed by atoms with E-state index < -0.39 is 0 Å². The van der Waals surface area contributed by atoms with Gasteiger partial charge in [0.15, 0.2) is 0 Å². The van der Waals surface area contributed by atoms with Crippen LogP contribution in [0.25, 0.3) is 12.2 Å². The average molecular weight is 304 g/mol. The van der Waals surface area contributed by atoms with Crippen molar-refractivity contribution in [2.24, 2.45) is 5.73 Å². The zero-order valence-corrected chi connectivity index (χ0v) is 13.0. The summed E-state index contributed by atoms with van der Waals surface area (Å²) in [7, 11) is 0. The Kier molecular flexibility index (Phi) is 4.29. The van der Waals surface area contributed by atoms with Gasteiger partial charge in [0.1, 0.15) is 0 Å². The zero-order valence-electron chi connectivity index (χ0n) is 13.0. The molecule has 0 fully saturated rings. The Morgan fingerprint density at radius 1 is 1.00 bits per heavy atom. The number of hydrogen-bond donors (Lipinski definition) is 1. The topological polar surface area (TPSA) is 46.3 Å². The second-order valence-corrected chi connectivity index (χ2v) is 5.73. The number of hydrogen-bond acceptors (Lipinski definition) is 2. The van der Waals surface area contributed by atoms with Gasteiger partial charge in [0.05, 0.1) is 12.2 Å². The van der Waals surface area contributed by atoms with E-state index in [0.717, 1.165) is 22.4 Å². The van der Waals surface area contributed by atoms with Crippen molar-refractivity contribution < 1.29 is 4.79 Å². The van der Waals surface area contributed by atoms with Crippen molar-refractivity contribution in [3.05, 3.63) is 77.5 Å². The minimum absolute atomic E-state index is 0.0640. The molecule has 3 heteroatoms. The number of allylic oxidation sites excluding steroid dienone is 1. The number of benzene rings is 2. The van der Waals surface area contributed by atoms with E-state index in [9.17, 15) is 4.79 Å². The number of nitrogens with two attached hydrogens (primary N) is 1. The molecule has 23 heavy (non-hydrogen) atoms. The van der Waals surface area contributed by atoms with Gasteiger partial charge >= 0.3 is 0 Å². The van der Waals surface area contributed by atoms with Crippen LogP contribution in [0.15, 0.2) is 60.8 Å². The number of carbonyl (C=O) groups excluding carboxylic acids is 1. The van der Waals surface area contributed by atoms with Gasteiger partial charge < -0.3 is 10.6 Å². The van der Waals surface area contributed by atoms with E-state index in [-0.39, 0.29) is 5.91 Å². The van der Waals surface area contributed by atoms with Crippen LogP contribution in [0.3, 0.4) is 0 Å². The van der Waals surface area contributed by atoms with Crippen LogP contribution in [0.1, 0.15) is 29.5 Å². The standard InChI is InChI=1S/C20H20N2O/c1-15(21)10-13-20(23)22-14-18-8-3-2-6-16(18)11-12-17-7-4-5-9-19(17)22/h2-9,11-12H,1,10,13-14,21H2/b12-11-. The summed E-state index contributed by atoms with van der Waals surface area (Å²) in [5, 5.41) is 0. The number of anilines is 1. The second kappa shape index (κ2) is 6.53. The molecule has 3 rings (SSSR count). The van der Waals surface area contributed by atoms with Crippen LogP contribution < -0.4 is 10.6 Å². The predicted molar refractivity (Wildman–Crippen MR) is 95.6 cm³/mol. The molecule has 0 aromatic heterocycles. The number of carbonyl (C=O) groups is 1. The summed E-state index contributed by atoms with van der Waals surface area (Å²) >= 11 is 0. The molecule has 0 spiro atoms. The molecule has 0 atom stereocenters. The van der Waals surface area contributed by atoms with Crippen LogP contribution in [0.4, 0.5) is 5.69 Å². The molecule has 1 heterocycles. The Morgan fingerprint density at radius 2 is 1.65 bits per heavy atom. The molecule has 2 N–H and O–H groups in total. The monoisotopic (exact) mass is 304 g/mol. The average Bonchev–Trinajstić information content (AvgIpc) is 2.55. The first kappa shape index (κ1) is 15.1. The van der Waals surface area contributed by atoms with E-state index in [1.54, 1.807) is 0 Å². The maximum atomic E-state index is 12.7. The highest BCUT2D eigenvalue weighted by atomic mass is 16.2. The number of rotatable bonds is 3. The molecular formula is C20H20N2O. The number of nitrogens with zero attached hydrogens (tertiary/aromatic N) is 1. The van der Waals surface area contributed by atoms with Gasteiger partial charge in [0, 0.05) is 12.1 Å². The van der Waals surface area contributed by atoms with E-state index in [2.05, 4.69) is 30.9 Å². The molecule has 2 aromatic rings. The first-order valence-corrected chi connectivity index (χ1v) is 7.74. The van der Waals surface area contributed by atoms with E-state index in [0.29, 0.717) is 25.1 Å². The lowest BCUT2D eigenvalue weighted by atomic mass is 10.0. The maximum absolute atomic E-state index is 12.7. The third-order valence-corrected chi connectivity index (χ3v) is 4.01. The van der Waals surface area contributed by atoms with Crippen LogP contribution in [-0.4, -0.2) is 5.91 Å². The zero-order chi connectivity index (χ0) is 16.2. The molecule has 2 aromatic carbocycles. The summed E-state index contributed by atoms with van der Waals surface area (Å²) < 4.78 is 0. The molecule has 1 aliphatic heterocycles. The normalized spacial score (nSPS) is 14.2. The Bertz CT molecular complexity index is 777. The highest BCUT2D eigenvalue weighted by molar-refractivity contribution is 5.97. The highest BCUT2D eigenvalue weighted by Crippen LogP contribution is 2.29. The molecule has 0 bridgehead atoms. The van der Waals surface area contributed by atoms with Gasteiger partial charge in [-0.1, -0.05) is 61.2 Å². The molecule has 0 saturated heterocycles. The van der Waals surface area contributed by atoms with Crippen molar-refractivity contribution in [1.29, 1.82) is 0 Å². The Hall–Kier alpha value is -2.81. The molecule has 1 amide bonds. The lowest BCUT2D eigenvalue weighted by Gasteiger charge is -2.27. The maximum Gasteiger partial charge on any atom is 0.227 e. The Morgan fingerprint density at radius 3 is 2.43 bits per heavy atom. The molecule has 0 unspecified atom stereocenters. The summed E-state index contributed by atoms with van der Waals surface area (Å²) in [4.78, 5) is 14.6. The van der Waals surface area contributed by atoms with Gasteiger partial charge in [-0.2, -0.15) is 0 Å². The van der Waals surface area contributed by atoms with Crippen molar-refractivity contribution in [1.82, 2.24) is 0 Å². The number of fused-ring (bicyclic) bond motifs is 2. The van der Waals surface area contributed by atoms with Gasteiger partial charge in [0.25, 0.3) is 0 Å². The van der Waals surface area contributed by atoms with Crippen molar-refractivity contribution in [2.45, 2.75) is 19.4 Å². The summed E-state index contributed by atoms with van der Waals surface area (Å²) in [5.74, 6) is 0.0640. The van der Waals surface area contributed by atoms with E-state index in [4.69, 9.17) is 5.73 Å². The predicted octanol–water partition coefficient (Wildman–Crippen LogP) is 3.96. The minimum atomic E-state index is 0.0640. The van der Waals surface area contributed by atoms with E-state index in [1.165, 1.54) is 0 Å². The third-order valence-electron chi connectivity index (χ3n) is 4.01. The van der Waals surface area contributed by atoms with Gasteiger partial charge in [-0.05, 0) is 29.2 Å². The van der Waals surface area contributed by atoms with Crippen molar-refractivity contribution >= 4 is 23.7 Å². The van der Waals surface area contributed by atoms with Crippen molar-refractivity contribution in [3.8, 4) is 0 Å². The Balaban J connectivity index is 2.02. The van der Waals surface area contributed by atoms with E-state index in [1.807, 2.05) is 41.3 Å². The van der Waals surface area contributed by atoms with Crippen LogP contribution in [0, 0.1) is 0 Å². The fourth-order valence-electron chi connectivity index (χ4n) is 2.78. The fraction of sp³-hybridized carbons (Fsp3) is 0.150. The summed E-state index contributed by atoms with van der Waals surface area (Å²) in [6, 6.07) is 16.1. The van der Waals surface area contributed by atoms with Gasteiger partial charge in [-0.25, -0.2) is 0 Å². The molecule has 0 saturated carbocycles. The smallest absolute Gasteiger partial charge is 0.227 e.